The first-order chi connectivity index (χ1) is 11.4. The molecule has 0 heterocycles. The van der Waals surface area contributed by atoms with Crippen molar-refractivity contribution in [2.24, 2.45) is 0 Å². The zero-order chi connectivity index (χ0) is 19.7. The van der Waals surface area contributed by atoms with Crippen LogP contribution >= 0.6 is 0 Å². The minimum Gasteiger partial charge on any atom is -0.462 e. The highest BCUT2D eigenvalue weighted by Gasteiger charge is 2.39. The van der Waals surface area contributed by atoms with E-state index >= 15 is 0 Å². The Morgan fingerprint density at radius 3 is 1.84 bits per heavy atom. The van der Waals surface area contributed by atoms with Crippen LogP contribution in [0.2, 0.25) is 18.1 Å². The van der Waals surface area contributed by atoms with Crippen molar-refractivity contribution in [1.29, 1.82) is 0 Å². The van der Waals surface area contributed by atoms with Crippen LogP contribution in [0.5, 0.6) is 0 Å². The molecule has 144 valence electrons. The van der Waals surface area contributed by atoms with Crippen molar-refractivity contribution in [3.63, 3.8) is 0 Å². The van der Waals surface area contributed by atoms with E-state index in [1.165, 1.54) is 19.9 Å². The highest BCUT2D eigenvalue weighted by atomic mass is 28.4. The maximum absolute atomic E-state index is 10.8. The van der Waals surface area contributed by atoms with Crippen LogP contribution in [-0.4, -0.2) is 50.8 Å². The lowest BCUT2D eigenvalue weighted by atomic mass is 10.2. The Morgan fingerprint density at radius 2 is 1.44 bits per heavy atom. The van der Waals surface area contributed by atoms with Gasteiger partial charge in [-0.25, -0.2) is 0 Å². The standard InChI is InChI=1S/C18H32O6Si/c1-14(19)22-12-8-10-16(21)17(11-9-13-23-15(2)20)24-25(6,7)18(3,4)5/h8-11,16-17,21H,12-13H2,1-7H3/b10-8+,11-9+/t16-,17-/m0/s1. The largest absolute Gasteiger partial charge is 0.462 e. The summed E-state index contributed by atoms with van der Waals surface area (Å²) in [6.07, 6.45) is 4.99. The number of carbonyl (C=O) groups excluding carboxylic acids is 2. The normalized spacial score (nSPS) is 15.4. The average Bonchev–Trinajstić information content (AvgIpc) is 2.44. The van der Waals surface area contributed by atoms with Crippen molar-refractivity contribution in [3.05, 3.63) is 24.3 Å². The molecule has 2 atom stereocenters. The predicted molar refractivity (Wildman–Crippen MR) is 99.6 cm³/mol. The van der Waals surface area contributed by atoms with Gasteiger partial charge in [0.2, 0.25) is 0 Å². The molecule has 25 heavy (non-hydrogen) atoms. The number of hydrogen-bond acceptors (Lipinski definition) is 6. The van der Waals surface area contributed by atoms with E-state index in [0.717, 1.165) is 0 Å². The molecular weight excluding hydrogens is 340 g/mol. The maximum atomic E-state index is 10.8. The summed E-state index contributed by atoms with van der Waals surface area (Å²) in [5, 5.41) is 10.4. The Bertz CT molecular complexity index is 490. The van der Waals surface area contributed by atoms with Gasteiger partial charge < -0.3 is 19.0 Å². The van der Waals surface area contributed by atoms with Gasteiger partial charge in [-0.05, 0) is 30.3 Å². The first-order valence-electron chi connectivity index (χ1n) is 8.33. The fraction of sp³-hybridized carbons (Fsp3) is 0.667. The molecule has 0 spiro atoms. The van der Waals surface area contributed by atoms with E-state index in [9.17, 15) is 14.7 Å². The second kappa shape index (κ2) is 10.5. The summed E-state index contributed by atoms with van der Waals surface area (Å²) < 4.78 is 15.9. The van der Waals surface area contributed by atoms with Crippen LogP contribution in [0.25, 0.3) is 0 Å². The predicted octanol–water partition coefficient (Wildman–Crippen LogP) is 2.98. The molecule has 0 bridgehead atoms. The Kier molecular flexibility index (Phi) is 9.92. The van der Waals surface area contributed by atoms with Gasteiger partial charge in [0.15, 0.2) is 8.32 Å². The molecule has 0 aliphatic rings. The quantitative estimate of drug-likeness (QED) is 0.381. The van der Waals surface area contributed by atoms with Gasteiger partial charge in [-0.3, -0.25) is 9.59 Å². The van der Waals surface area contributed by atoms with Crippen molar-refractivity contribution in [2.75, 3.05) is 13.2 Å². The van der Waals surface area contributed by atoms with Crippen LogP contribution in [-0.2, 0) is 23.5 Å². The number of carbonyl (C=O) groups is 2. The lowest BCUT2D eigenvalue weighted by molar-refractivity contribution is -0.140. The number of esters is 2. The molecule has 6 nitrogen and oxygen atoms in total. The van der Waals surface area contributed by atoms with E-state index in [-0.39, 0.29) is 30.2 Å². The third-order valence-corrected chi connectivity index (χ3v) is 8.47. The third kappa shape index (κ3) is 10.2. The molecule has 0 saturated heterocycles. The van der Waals surface area contributed by atoms with E-state index < -0.39 is 20.5 Å². The first kappa shape index (κ1) is 23.6. The molecule has 7 heteroatoms. The summed E-state index contributed by atoms with van der Waals surface area (Å²) >= 11 is 0. The van der Waals surface area contributed by atoms with E-state index in [1.54, 1.807) is 18.2 Å². The van der Waals surface area contributed by atoms with Gasteiger partial charge in [-0.1, -0.05) is 32.9 Å². The molecule has 0 unspecified atom stereocenters. The monoisotopic (exact) mass is 372 g/mol. The fourth-order valence-corrected chi connectivity index (χ4v) is 2.82. The van der Waals surface area contributed by atoms with Crippen LogP contribution in [0.1, 0.15) is 34.6 Å². The Labute approximate surface area is 152 Å². The van der Waals surface area contributed by atoms with Gasteiger partial charge in [-0.15, -0.1) is 0 Å². The molecule has 0 radical (unpaired) electrons. The number of rotatable bonds is 9. The number of aliphatic hydroxyl groups excluding tert-OH is 1. The smallest absolute Gasteiger partial charge is 0.302 e. The maximum Gasteiger partial charge on any atom is 0.302 e. The fourth-order valence-electron chi connectivity index (χ4n) is 1.56. The zero-order valence-corrected chi connectivity index (χ0v) is 17.4. The summed E-state index contributed by atoms with van der Waals surface area (Å²) in [4.78, 5) is 21.6. The molecule has 0 amide bonds. The van der Waals surface area contributed by atoms with Crippen LogP contribution in [0.15, 0.2) is 24.3 Å². The minimum atomic E-state index is -2.12. The molecule has 0 aliphatic heterocycles. The van der Waals surface area contributed by atoms with Gasteiger partial charge in [0.05, 0.1) is 6.10 Å². The zero-order valence-electron chi connectivity index (χ0n) is 16.4. The lowest BCUT2D eigenvalue weighted by Gasteiger charge is -2.39. The minimum absolute atomic E-state index is 0.0177. The van der Waals surface area contributed by atoms with Gasteiger partial charge in [0.1, 0.15) is 19.3 Å². The van der Waals surface area contributed by atoms with Crippen LogP contribution in [0.3, 0.4) is 0 Å². The lowest BCUT2D eigenvalue weighted by Crippen LogP contribution is -2.46. The highest BCUT2D eigenvalue weighted by molar-refractivity contribution is 6.74. The van der Waals surface area contributed by atoms with Crippen molar-refractivity contribution in [1.82, 2.24) is 0 Å². The van der Waals surface area contributed by atoms with Crippen LogP contribution < -0.4 is 0 Å². The first-order valence-corrected chi connectivity index (χ1v) is 11.2. The van der Waals surface area contributed by atoms with Gasteiger partial charge in [0.25, 0.3) is 0 Å². The van der Waals surface area contributed by atoms with Gasteiger partial charge >= 0.3 is 11.9 Å². The molecule has 0 aliphatic carbocycles. The van der Waals surface area contributed by atoms with Gasteiger partial charge in [0, 0.05) is 13.8 Å². The summed E-state index contributed by atoms with van der Waals surface area (Å²) in [7, 11) is -2.12. The van der Waals surface area contributed by atoms with E-state index in [0.29, 0.717) is 0 Å². The van der Waals surface area contributed by atoms with E-state index in [4.69, 9.17) is 13.9 Å². The van der Waals surface area contributed by atoms with Gasteiger partial charge in [-0.2, -0.15) is 0 Å². The SMILES string of the molecule is CC(=O)OC/C=C/[C@H](O[Si](C)(C)C(C)(C)C)[C@@H](O)/C=C/COC(C)=O. The van der Waals surface area contributed by atoms with Crippen molar-refractivity contribution in [2.45, 2.75) is 65.0 Å². The van der Waals surface area contributed by atoms with Crippen molar-refractivity contribution in [3.8, 4) is 0 Å². The Hall–Kier alpha value is -1.44. The van der Waals surface area contributed by atoms with Crippen molar-refractivity contribution < 1.29 is 28.6 Å². The van der Waals surface area contributed by atoms with Crippen LogP contribution in [0.4, 0.5) is 0 Å². The molecule has 0 aromatic heterocycles. The van der Waals surface area contributed by atoms with E-state index in [1.807, 2.05) is 0 Å². The summed E-state index contributed by atoms with van der Waals surface area (Å²) in [6.45, 7) is 13.4. The molecule has 0 saturated carbocycles. The number of hydrogen-bond donors (Lipinski definition) is 1. The average molecular weight is 373 g/mol. The number of ether oxygens (including phenoxy) is 2. The summed E-state index contributed by atoms with van der Waals surface area (Å²) in [5.41, 5.74) is 0. The molecule has 1 N–H and O–H groups in total. The van der Waals surface area contributed by atoms with E-state index in [2.05, 4.69) is 33.9 Å². The van der Waals surface area contributed by atoms with Crippen LogP contribution in [0, 0.1) is 0 Å². The summed E-state index contributed by atoms with van der Waals surface area (Å²) in [5.74, 6) is -0.747. The third-order valence-electron chi connectivity index (χ3n) is 4.00. The molecule has 0 aromatic carbocycles. The number of aliphatic hydroxyl groups is 1. The molecule has 0 rings (SSSR count). The second-order valence-corrected chi connectivity index (χ2v) is 12.1. The molecule has 0 aromatic rings. The Morgan fingerprint density at radius 1 is 1.00 bits per heavy atom. The summed E-state index contributed by atoms with van der Waals surface area (Å²) in [6, 6.07) is 0. The highest BCUT2D eigenvalue weighted by Crippen LogP contribution is 2.37. The topological polar surface area (TPSA) is 82.1 Å². The molecular formula is C18H32O6Si. The van der Waals surface area contributed by atoms with Crippen molar-refractivity contribution >= 4 is 20.3 Å². The molecule has 0 fully saturated rings. The second-order valence-electron chi connectivity index (χ2n) is 7.29. The Balaban J connectivity index is 5.04.